The predicted octanol–water partition coefficient (Wildman–Crippen LogP) is 2.25. The molecule has 0 saturated carbocycles. The van der Waals surface area contributed by atoms with E-state index >= 15 is 0 Å². The van der Waals surface area contributed by atoms with E-state index in [-0.39, 0.29) is 12.1 Å². The molecule has 0 aliphatic carbocycles. The predicted molar refractivity (Wildman–Crippen MR) is 70.4 cm³/mol. The van der Waals surface area contributed by atoms with E-state index in [1.54, 1.807) is 7.11 Å². The Labute approximate surface area is 104 Å². The van der Waals surface area contributed by atoms with E-state index in [1.165, 1.54) is 5.56 Å². The summed E-state index contributed by atoms with van der Waals surface area (Å²) in [5.41, 5.74) is 2.11. The minimum Gasteiger partial charge on any atom is -0.496 e. The zero-order valence-corrected chi connectivity index (χ0v) is 11.2. The molecular weight excluding hydrogens is 214 g/mol. The first kappa shape index (κ1) is 14.0. The molecule has 0 aliphatic heterocycles. The summed E-state index contributed by atoms with van der Waals surface area (Å²) in [7, 11) is 1.68. The monoisotopic (exact) mass is 237 g/mol. The summed E-state index contributed by atoms with van der Waals surface area (Å²) >= 11 is 0. The fraction of sp³-hybridized carbons (Fsp3) is 0.571. The molecule has 2 N–H and O–H groups in total. The second kappa shape index (κ2) is 6.03. The van der Waals surface area contributed by atoms with Crippen molar-refractivity contribution in [3.8, 4) is 5.75 Å². The number of benzene rings is 1. The zero-order chi connectivity index (χ0) is 12.9. The summed E-state index contributed by atoms with van der Waals surface area (Å²) in [6.07, 6.45) is 0.887. The molecule has 1 unspecified atom stereocenters. The van der Waals surface area contributed by atoms with Gasteiger partial charge < -0.3 is 15.2 Å². The van der Waals surface area contributed by atoms with Crippen molar-refractivity contribution in [2.24, 2.45) is 0 Å². The first-order chi connectivity index (χ1) is 8.04. The van der Waals surface area contributed by atoms with Gasteiger partial charge in [0.1, 0.15) is 5.75 Å². The van der Waals surface area contributed by atoms with Crippen LogP contribution >= 0.6 is 0 Å². The largest absolute Gasteiger partial charge is 0.496 e. The highest BCUT2D eigenvalue weighted by molar-refractivity contribution is 5.36. The van der Waals surface area contributed by atoms with Crippen molar-refractivity contribution >= 4 is 0 Å². The van der Waals surface area contributed by atoms with Crippen molar-refractivity contribution in [1.82, 2.24) is 5.32 Å². The Bertz CT molecular complexity index is 359. The number of hydrogen-bond donors (Lipinski definition) is 2. The zero-order valence-electron chi connectivity index (χ0n) is 11.2. The van der Waals surface area contributed by atoms with Gasteiger partial charge in [-0.3, -0.25) is 0 Å². The molecule has 3 nitrogen and oxygen atoms in total. The molecule has 0 bridgehead atoms. The first-order valence-corrected chi connectivity index (χ1v) is 6.04. The van der Waals surface area contributed by atoms with Crippen molar-refractivity contribution in [3.63, 3.8) is 0 Å². The molecule has 0 heterocycles. The van der Waals surface area contributed by atoms with E-state index in [0.29, 0.717) is 6.54 Å². The molecule has 0 fully saturated rings. The van der Waals surface area contributed by atoms with Gasteiger partial charge in [0.2, 0.25) is 0 Å². The van der Waals surface area contributed by atoms with Gasteiger partial charge in [-0.15, -0.1) is 0 Å². The number of methoxy groups -OCH3 is 1. The van der Waals surface area contributed by atoms with Crippen LogP contribution in [0.5, 0.6) is 5.75 Å². The van der Waals surface area contributed by atoms with Crippen molar-refractivity contribution in [2.75, 3.05) is 13.7 Å². The summed E-state index contributed by atoms with van der Waals surface area (Å²) in [5, 5.41) is 12.7. The molecule has 0 spiro atoms. The van der Waals surface area contributed by atoms with Gasteiger partial charge in [-0.2, -0.15) is 0 Å². The summed E-state index contributed by atoms with van der Waals surface area (Å²) < 4.78 is 5.33. The lowest BCUT2D eigenvalue weighted by Crippen LogP contribution is -2.44. The lowest BCUT2D eigenvalue weighted by Gasteiger charge is -2.27. The third-order valence-corrected chi connectivity index (χ3v) is 3.27. The Kier molecular flexibility index (Phi) is 4.97. The normalized spacial score (nSPS) is 14.4. The average molecular weight is 237 g/mol. The van der Waals surface area contributed by atoms with Crippen molar-refractivity contribution in [3.05, 3.63) is 29.3 Å². The third-order valence-electron chi connectivity index (χ3n) is 3.27. The van der Waals surface area contributed by atoms with Gasteiger partial charge in [-0.1, -0.05) is 24.6 Å². The Balaban J connectivity index is 2.77. The second-order valence-electron chi connectivity index (χ2n) is 4.74. The number of aliphatic hydroxyl groups excluding tert-OH is 1. The van der Waals surface area contributed by atoms with E-state index in [4.69, 9.17) is 4.74 Å². The molecule has 0 aromatic heterocycles. The van der Waals surface area contributed by atoms with Crippen molar-refractivity contribution in [1.29, 1.82) is 0 Å². The van der Waals surface area contributed by atoms with Crippen LogP contribution in [0.3, 0.4) is 0 Å². The van der Waals surface area contributed by atoms with E-state index in [1.807, 2.05) is 19.1 Å². The number of ether oxygens (including phenoxy) is 1. The van der Waals surface area contributed by atoms with E-state index in [0.717, 1.165) is 17.7 Å². The number of hydrogen-bond acceptors (Lipinski definition) is 3. The highest BCUT2D eigenvalue weighted by atomic mass is 16.5. The Morgan fingerprint density at radius 1 is 1.41 bits per heavy atom. The third kappa shape index (κ3) is 3.72. The van der Waals surface area contributed by atoms with Crippen LogP contribution in [0.2, 0.25) is 0 Å². The smallest absolute Gasteiger partial charge is 0.123 e. The molecule has 0 amide bonds. The van der Waals surface area contributed by atoms with Gasteiger partial charge >= 0.3 is 0 Å². The number of rotatable bonds is 6. The van der Waals surface area contributed by atoms with Crippen LogP contribution in [-0.4, -0.2) is 24.4 Å². The first-order valence-electron chi connectivity index (χ1n) is 6.04. The molecule has 1 rings (SSSR count). The molecule has 1 atom stereocenters. The lowest BCUT2D eigenvalue weighted by molar-refractivity contribution is 0.168. The quantitative estimate of drug-likeness (QED) is 0.797. The molecular formula is C14H23NO2. The van der Waals surface area contributed by atoms with Gasteiger partial charge in [-0.25, -0.2) is 0 Å². The van der Waals surface area contributed by atoms with Crippen molar-refractivity contribution < 1.29 is 9.84 Å². The molecule has 17 heavy (non-hydrogen) atoms. The fourth-order valence-corrected chi connectivity index (χ4v) is 1.65. The van der Waals surface area contributed by atoms with Crippen LogP contribution in [0.1, 0.15) is 31.4 Å². The van der Waals surface area contributed by atoms with Crippen LogP contribution in [0.15, 0.2) is 18.2 Å². The standard InChI is InChI=1S/C14H23NO2/c1-5-14(3,10-16)15-9-12-8-11(2)6-7-13(12)17-4/h6-8,15-16H,5,9-10H2,1-4H3. The van der Waals surface area contributed by atoms with Gasteiger partial charge in [0.25, 0.3) is 0 Å². The molecule has 0 radical (unpaired) electrons. The number of nitrogens with one attached hydrogen (secondary N) is 1. The highest BCUT2D eigenvalue weighted by Gasteiger charge is 2.20. The second-order valence-corrected chi connectivity index (χ2v) is 4.74. The van der Waals surface area contributed by atoms with Crippen LogP contribution in [0, 0.1) is 6.92 Å². The Morgan fingerprint density at radius 3 is 2.65 bits per heavy atom. The van der Waals surface area contributed by atoms with Crippen LogP contribution in [-0.2, 0) is 6.54 Å². The molecule has 96 valence electrons. The minimum atomic E-state index is -0.227. The number of aryl methyl sites for hydroxylation is 1. The topological polar surface area (TPSA) is 41.5 Å². The lowest BCUT2D eigenvalue weighted by atomic mass is 9.99. The minimum absolute atomic E-state index is 0.137. The molecule has 1 aromatic rings. The van der Waals surface area contributed by atoms with E-state index in [9.17, 15) is 5.11 Å². The van der Waals surface area contributed by atoms with Gasteiger partial charge in [-0.05, 0) is 26.3 Å². The summed E-state index contributed by atoms with van der Waals surface area (Å²) in [6.45, 7) is 6.99. The molecule has 1 aromatic carbocycles. The molecule has 3 heteroatoms. The highest BCUT2D eigenvalue weighted by Crippen LogP contribution is 2.20. The van der Waals surface area contributed by atoms with Crippen LogP contribution < -0.4 is 10.1 Å². The number of aliphatic hydroxyl groups is 1. The van der Waals surface area contributed by atoms with Gasteiger partial charge in [0.05, 0.1) is 13.7 Å². The van der Waals surface area contributed by atoms with E-state index < -0.39 is 0 Å². The average Bonchev–Trinajstić information content (AvgIpc) is 2.36. The maximum Gasteiger partial charge on any atom is 0.123 e. The van der Waals surface area contributed by atoms with Crippen LogP contribution in [0.4, 0.5) is 0 Å². The Hall–Kier alpha value is -1.06. The van der Waals surface area contributed by atoms with Crippen molar-refractivity contribution in [2.45, 2.75) is 39.3 Å². The Morgan fingerprint density at radius 2 is 2.12 bits per heavy atom. The van der Waals surface area contributed by atoms with Gasteiger partial charge in [0.15, 0.2) is 0 Å². The SMILES string of the molecule is CCC(C)(CO)NCc1cc(C)ccc1OC. The fourth-order valence-electron chi connectivity index (χ4n) is 1.65. The van der Waals surface area contributed by atoms with E-state index in [2.05, 4.69) is 25.2 Å². The summed E-state index contributed by atoms with van der Waals surface area (Å²) in [4.78, 5) is 0. The summed E-state index contributed by atoms with van der Waals surface area (Å²) in [6, 6.07) is 6.13. The molecule has 0 saturated heterocycles. The van der Waals surface area contributed by atoms with Crippen LogP contribution in [0.25, 0.3) is 0 Å². The summed E-state index contributed by atoms with van der Waals surface area (Å²) in [5.74, 6) is 0.888. The van der Waals surface area contributed by atoms with Gasteiger partial charge in [0, 0.05) is 17.6 Å². The maximum atomic E-state index is 9.35. The molecule has 0 aliphatic rings. The maximum absolute atomic E-state index is 9.35.